The van der Waals surface area contributed by atoms with Crippen molar-refractivity contribution >= 4 is 34.0 Å². The first-order chi connectivity index (χ1) is 20.3. The van der Waals surface area contributed by atoms with Crippen molar-refractivity contribution < 1.29 is 27.2 Å². The van der Waals surface area contributed by atoms with Gasteiger partial charge < -0.3 is 18.8 Å². The Morgan fingerprint density at radius 2 is 1.65 bits per heavy atom. The standard InChI is InChI=1S/C32H33F3N4O4/c1-5-39-25-12-10-21(18-26(25)36(4)29(41)31(2,3)30(39)42)19-37(20-23-11-13-27(43-23)32(33,34)35)16-17-38-15-14-22-8-6-7-9-24(22)28(38)40/h6-15,18H,5,16-17,19-20H2,1-4H3. The Balaban J connectivity index is 1.46. The normalized spacial score (nSPS) is 15.3. The second-order valence-electron chi connectivity index (χ2n) is 11.2. The van der Waals surface area contributed by atoms with Crippen molar-refractivity contribution in [2.24, 2.45) is 5.41 Å². The Labute approximate surface area is 246 Å². The third-order valence-electron chi connectivity index (χ3n) is 7.90. The van der Waals surface area contributed by atoms with Gasteiger partial charge in [0.2, 0.25) is 17.6 Å². The highest BCUT2D eigenvalue weighted by atomic mass is 19.4. The quantitative estimate of drug-likeness (QED) is 0.246. The third-order valence-corrected chi connectivity index (χ3v) is 7.90. The molecule has 226 valence electrons. The Morgan fingerprint density at radius 1 is 0.907 bits per heavy atom. The van der Waals surface area contributed by atoms with Crippen LogP contribution < -0.4 is 15.4 Å². The molecule has 3 heterocycles. The van der Waals surface area contributed by atoms with Crippen LogP contribution in [0.5, 0.6) is 0 Å². The molecular weight excluding hydrogens is 561 g/mol. The van der Waals surface area contributed by atoms with Gasteiger partial charge in [0, 0.05) is 44.8 Å². The molecule has 43 heavy (non-hydrogen) atoms. The van der Waals surface area contributed by atoms with E-state index in [1.807, 2.05) is 42.2 Å². The first-order valence-corrected chi connectivity index (χ1v) is 14.0. The molecule has 0 aliphatic carbocycles. The number of rotatable bonds is 8. The molecular formula is C32H33F3N4O4. The van der Waals surface area contributed by atoms with Crippen molar-refractivity contribution in [1.29, 1.82) is 0 Å². The number of halogens is 3. The van der Waals surface area contributed by atoms with Crippen molar-refractivity contribution in [1.82, 2.24) is 9.47 Å². The molecule has 0 radical (unpaired) electrons. The van der Waals surface area contributed by atoms with Crippen LogP contribution in [0, 0.1) is 5.41 Å². The van der Waals surface area contributed by atoms with Gasteiger partial charge in [0.1, 0.15) is 11.2 Å². The number of pyridine rings is 1. The lowest BCUT2D eigenvalue weighted by atomic mass is 9.90. The van der Waals surface area contributed by atoms with Gasteiger partial charge in [0.15, 0.2) is 0 Å². The van der Waals surface area contributed by atoms with E-state index in [2.05, 4.69) is 0 Å². The molecule has 0 atom stereocenters. The zero-order valence-electron chi connectivity index (χ0n) is 24.4. The zero-order valence-corrected chi connectivity index (χ0v) is 24.4. The van der Waals surface area contributed by atoms with Crippen LogP contribution in [0.2, 0.25) is 0 Å². The number of anilines is 2. The van der Waals surface area contributed by atoms with E-state index in [4.69, 9.17) is 4.42 Å². The van der Waals surface area contributed by atoms with Crippen molar-refractivity contribution in [2.45, 2.75) is 46.6 Å². The van der Waals surface area contributed by atoms with Gasteiger partial charge in [-0.05, 0) is 68.1 Å². The Bertz CT molecular complexity index is 1740. The molecule has 4 aromatic rings. The number of furan rings is 1. The van der Waals surface area contributed by atoms with Gasteiger partial charge in [-0.15, -0.1) is 0 Å². The van der Waals surface area contributed by atoms with E-state index < -0.39 is 17.4 Å². The first-order valence-electron chi connectivity index (χ1n) is 14.0. The van der Waals surface area contributed by atoms with E-state index in [1.54, 1.807) is 54.8 Å². The van der Waals surface area contributed by atoms with Crippen molar-refractivity contribution in [2.75, 3.05) is 29.9 Å². The van der Waals surface area contributed by atoms with E-state index in [-0.39, 0.29) is 42.8 Å². The Hall–Kier alpha value is -4.38. The minimum Gasteiger partial charge on any atom is -0.455 e. The van der Waals surface area contributed by atoms with Gasteiger partial charge in [-0.2, -0.15) is 13.2 Å². The van der Waals surface area contributed by atoms with Crippen LogP contribution in [0.3, 0.4) is 0 Å². The van der Waals surface area contributed by atoms with Crippen molar-refractivity contribution in [3.63, 3.8) is 0 Å². The van der Waals surface area contributed by atoms with Gasteiger partial charge in [0.05, 0.1) is 17.9 Å². The lowest BCUT2D eigenvalue weighted by Gasteiger charge is -2.27. The topological polar surface area (TPSA) is 79.0 Å². The number of nitrogens with zero attached hydrogens (tertiary/aromatic N) is 4. The lowest BCUT2D eigenvalue weighted by Crippen LogP contribution is -2.47. The number of carbonyl (C=O) groups is 2. The number of benzene rings is 2. The van der Waals surface area contributed by atoms with Gasteiger partial charge in [-0.1, -0.05) is 24.3 Å². The maximum Gasteiger partial charge on any atom is 0.449 e. The number of aromatic nitrogens is 1. The van der Waals surface area contributed by atoms with Crippen LogP contribution >= 0.6 is 0 Å². The summed E-state index contributed by atoms with van der Waals surface area (Å²) in [5, 5.41) is 1.40. The summed E-state index contributed by atoms with van der Waals surface area (Å²) < 4.78 is 46.4. The maximum atomic E-state index is 13.3. The zero-order chi connectivity index (χ0) is 31.1. The minimum absolute atomic E-state index is 0.0524. The fourth-order valence-electron chi connectivity index (χ4n) is 5.51. The van der Waals surface area contributed by atoms with Crippen molar-refractivity contribution in [3.05, 3.63) is 94.3 Å². The summed E-state index contributed by atoms with van der Waals surface area (Å²) in [7, 11) is 1.63. The molecule has 0 saturated heterocycles. The summed E-state index contributed by atoms with van der Waals surface area (Å²) in [6.07, 6.45) is -2.90. The average molecular weight is 595 g/mol. The Kier molecular flexibility index (Phi) is 7.95. The fraction of sp³-hybridized carbons (Fsp3) is 0.344. The number of hydrogen-bond acceptors (Lipinski definition) is 5. The summed E-state index contributed by atoms with van der Waals surface area (Å²) >= 11 is 0. The maximum absolute atomic E-state index is 13.3. The van der Waals surface area contributed by atoms with E-state index in [0.717, 1.165) is 17.0 Å². The Morgan fingerprint density at radius 3 is 2.35 bits per heavy atom. The lowest BCUT2D eigenvalue weighted by molar-refractivity contribution is -0.153. The second-order valence-corrected chi connectivity index (χ2v) is 11.2. The predicted molar refractivity (Wildman–Crippen MR) is 158 cm³/mol. The molecule has 0 unspecified atom stereocenters. The fourth-order valence-corrected chi connectivity index (χ4v) is 5.51. The molecule has 2 aromatic carbocycles. The van der Waals surface area contributed by atoms with Crippen LogP contribution in [-0.4, -0.2) is 41.4 Å². The summed E-state index contributed by atoms with van der Waals surface area (Å²) in [5.41, 5.74) is 0.528. The molecule has 8 nitrogen and oxygen atoms in total. The van der Waals surface area contributed by atoms with Gasteiger partial charge in [-0.25, -0.2) is 0 Å². The van der Waals surface area contributed by atoms with Gasteiger partial charge in [-0.3, -0.25) is 19.3 Å². The largest absolute Gasteiger partial charge is 0.455 e. The van der Waals surface area contributed by atoms with E-state index in [0.29, 0.717) is 29.9 Å². The summed E-state index contributed by atoms with van der Waals surface area (Å²) in [5.74, 6) is -1.58. The molecule has 0 fully saturated rings. The van der Waals surface area contributed by atoms with Crippen molar-refractivity contribution in [3.8, 4) is 0 Å². The van der Waals surface area contributed by atoms with Crippen LogP contribution in [0.25, 0.3) is 10.8 Å². The number of carbonyl (C=O) groups excluding carboxylic acids is 2. The molecule has 0 saturated carbocycles. The van der Waals surface area contributed by atoms with Gasteiger partial charge in [0.25, 0.3) is 5.56 Å². The van der Waals surface area contributed by atoms with E-state index >= 15 is 0 Å². The second kappa shape index (κ2) is 11.4. The summed E-state index contributed by atoms with van der Waals surface area (Å²) in [4.78, 5) is 44.6. The summed E-state index contributed by atoms with van der Waals surface area (Å²) in [6.45, 7) is 6.38. The SMILES string of the molecule is CCN1C(=O)C(C)(C)C(=O)N(C)c2cc(CN(CCn3ccc4ccccc4c3=O)Cc3ccc(C(F)(F)F)o3)ccc21. The third kappa shape index (κ3) is 5.81. The molecule has 11 heteroatoms. The van der Waals surface area contributed by atoms with Crippen LogP contribution in [0.4, 0.5) is 24.5 Å². The number of fused-ring (bicyclic) bond motifs is 2. The molecule has 5 rings (SSSR count). The van der Waals surface area contributed by atoms with E-state index in [1.165, 1.54) is 11.0 Å². The molecule has 0 spiro atoms. The van der Waals surface area contributed by atoms with Crippen LogP contribution in [-0.2, 0) is 35.4 Å². The molecule has 2 amide bonds. The predicted octanol–water partition coefficient (Wildman–Crippen LogP) is 5.67. The highest BCUT2D eigenvalue weighted by Crippen LogP contribution is 2.39. The number of alkyl halides is 3. The summed E-state index contributed by atoms with van der Waals surface area (Å²) in [6, 6.07) is 16.8. The first kappa shape index (κ1) is 30.1. The molecule has 0 N–H and O–H groups in total. The number of amides is 2. The molecule has 2 aromatic heterocycles. The minimum atomic E-state index is -4.61. The van der Waals surface area contributed by atoms with Gasteiger partial charge >= 0.3 is 6.18 Å². The average Bonchev–Trinajstić information content (AvgIpc) is 3.44. The highest BCUT2D eigenvalue weighted by Gasteiger charge is 2.45. The molecule has 1 aliphatic heterocycles. The highest BCUT2D eigenvalue weighted by molar-refractivity contribution is 6.19. The smallest absolute Gasteiger partial charge is 0.449 e. The van der Waals surface area contributed by atoms with Crippen LogP contribution in [0.1, 0.15) is 37.9 Å². The number of hydrogen-bond donors (Lipinski definition) is 0. The monoisotopic (exact) mass is 594 g/mol. The van der Waals surface area contributed by atoms with E-state index in [9.17, 15) is 27.6 Å². The molecule has 0 bridgehead atoms. The van der Waals surface area contributed by atoms with Crippen LogP contribution in [0.15, 0.2) is 76.1 Å². The molecule has 1 aliphatic rings.